The molecule has 2 heterocycles. The van der Waals surface area contributed by atoms with E-state index in [1.807, 2.05) is 30.3 Å². The minimum absolute atomic E-state index is 0.0599. The van der Waals surface area contributed by atoms with Gasteiger partial charge in [0.25, 0.3) is 0 Å². The lowest BCUT2D eigenvalue weighted by molar-refractivity contribution is -0.116. The Balaban J connectivity index is 1.32. The number of pyridine rings is 1. The average Bonchev–Trinajstić information content (AvgIpc) is 2.71. The van der Waals surface area contributed by atoms with Gasteiger partial charge in [-0.15, -0.1) is 0 Å². The van der Waals surface area contributed by atoms with Crippen LogP contribution in [0.2, 0.25) is 5.02 Å². The number of benzene rings is 1. The molecule has 0 aliphatic carbocycles. The van der Waals surface area contributed by atoms with E-state index in [1.165, 1.54) is 0 Å². The maximum absolute atomic E-state index is 11.9. The molecule has 2 aromatic rings. The molecule has 1 aromatic carbocycles. The number of rotatable bonds is 7. The van der Waals surface area contributed by atoms with Gasteiger partial charge in [0.05, 0.1) is 10.7 Å². The van der Waals surface area contributed by atoms with E-state index in [9.17, 15) is 4.79 Å². The van der Waals surface area contributed by atoms with Gasteiger partial charge in [0, 0.05) is 51.2 Å². The van der Waals surface area contributed by atoms with E-state index in [4.69, 9.17) is 11.6 Å². The summed E-state index contributed by atoms with van der Waals surface area (Å²) >= 11 is 6.29. The summed E-state index contributed by atoms with van der Waals surface area (Å²) in [6.45, 7) is 5.66. The molecule has 0 spiro atoms. The number of piperazine rings is 1. The van der Waals surface area contributed by atoms with E-state index >= 15 is 0 Å². The molecule has 0 bridgehead atoms. The largest absolute Gasteiger partial charge is 0.368 e. The molecule has 0 radical (unpaired) electrons. The molecular formula is C21H25ClN4O. The second-order valence-electron chi connectivity index (χ2n) is 6.54. The Labute approximate surface area is 165 Å². The first-order valence-electron chi connectivity index (χ1n) is 9.30. The Morgan fingerprint density at radius 1 is 1.11 bits per heavy atom. The molecule has 1 aliphatic heterocycles. The van der Waals surface area contributed by atoms with Crippen LogP contribution in [0.15, 0.2) is 54.9 Å². The van der Waals surface area contributed by atoms with Crippen LogP contribution in [0.1, 0.15) is 12.0 Å². The minimum atomic E-state index is -0.0599. The summed E-state index contributed by atoms with van der Waals surface area (Å²) in [5.74, 6) is -0.0599. The lowest BCUT2D eigenvalue weighted by Crippen LogP contribution is -2.47. The number of hydrogen-bond acceptors (Lipinski definition) is 4. The molecule has 6 heteroatoms. The fourth-order valence-corrected chi connectivity index (χ4v) is 3.40. The molecule has 1 saturated heterocycles. The molecule has 142 valence electrons. The van der Waals surface area contributed by atoms with Crippen LogP contribution in [-0.2, 0) is 4.79 Å². The fraction of sp³-hybridized carbons (Fsp3) is 0.333. The number of amides is 1. The van der Waals surface area contributed by atoms with Gasteiger partial charge in [-0.1, -0.05) is 23.7 Å². The van der Waals surface area contributed by atoms with Crippen molar-refractivity contribution < 1.29 is 4.79 Å². The van der Waals surface area contributed by atoms with Gasteiger partial charge >= 0.3 is 0 Å². The van der Waals surface area contributed by atoms with Crippen molar-refractivity contribution >= 4 is 29.3 Å². The van der Waals surface area contributed by atoms with Crippen molar-refractivity contribution in [2.45, 2.75) is 6.42 Å². The minimum Gasteiger partial charge on any atom is -0.368 e. The van der Waals surface area contributed by atoms with Crippen LogP contribution in [0.3, 0.4) is 0 Å². The number of anilines is 1. The molecular weight excluding hydrogens is 360 g/mol. The Morgan fingerprint density at radius 2 is 1.85 bits per heavy atom. The molecule has 1 N–H and O–H groups in total. The smallest absolute Gasteiger partial charge is 0.243 e. The molecule has 0 atom stereocenters. The highest BCUT2D eigenvalue weighted by molar-refractivity contribution is 6.33. The van der Waals surface area contributed by atoms with E-state index in [-0.39, 0.29) is 5.91 Å². The van der Waals surface area contributed by atoms with E-state index in [2.05, 4.69) is 26.2 Å². The number of nitrogens with zero attached hydrogens (tertiary/aromatic N) is 3. The first-order valence-corrected chi connectivity index (χ1v) is 9.68. The summed E-state index contributed by atoms with van der Waals surface area (Å²) < 4.78 is 0. The first kappa shape index (κ1) is 19.4. The van der Waals surface area contributed by atoms with Crippen LogP contribution in [0.25, 0.3) is 6.08 Å². The normalized spacial score (nSPS) is 15.2. The summed E-state index contributed by atoms with van der Waals surface area (Å²) in [4.78, 5) is 20.6. The Morgan fingerprint density at radius 3 is 2.59 bits per heavy atom. The maximum atomic E-state index is 11.9. The topological polar surface area (TPSA) is 48.5 Å². The zero-order valence-electron chi connectivity index (χ0n) is 15.4. The monoisotopic (exact) mass is 384 g/mol. The van der Waals surface area contributed by atoms with Crippen LogP contribution >= 0.6 is 11.6 Å². The predicted octanol–water partition coefficient (Wildman–Crippen LogP) is 3.08. The Bertz CT molecular complexity index is 758. The van der Waals surface area contributed by atoms with Crippen molar-refractivity contribution in [3.8, 4) is 0 Å². The quantitative estimate of drug-likeness (QED) is 0.588. The number of carbonyl (C=O) groups excluding carboxylic acids is 1. The van der Waals surface area contributed by atoms with Crippen molar-refractivity contribution in [1.82, 2.24) is 15.2 Å². The molecule has 1 fully saturated rings. The zero-order chi connectivity index (χ0) is 18.9. The van der Waals surface area contributed by atoms with Crippen LogP contribution in [-0.4, -0.2) is 55.1 Å². The summed E-state index contributed by atoms with van der Waals surface area (Å²) in [6, 6.07) is 11.7. The second kappa shape index (κ2) is 10.1. The van der Waals surface area contributed by atoms with Crippen molar-refractivity contribution in [1.29, 1.82) is 0 Å². The summed E-state index contributed by atoms with van der Waals surface area (Å²) in [6.07, 6.45) is 7.73. The number of halogens is 1. The highest BCUT2D eigenvalue weighted by Gasteiger charge is 2.18. The molecule has 1 aliphatic rings. The molecule has 5 nitrogen and oxygen atoms in total. The van der Waals surface area contributed by atoms with Crippen LogP contribution < -0.4 is 10.2 Å². The van der Waals surface area contributed by atoms with Gasteiger partial charge < -0.3 is 10.2 Å². The standard InChI is InChI=1S/C21H25ClN4O/c22-19-4-1-2-5-20(19)26-16-14-25(15-17-26)13-3-10-24-21(27)7-6-18-8-11-23-12-9-18/h1-2,4-9,11-12H,3,10,13-17H2,(H,24,27)/b7-6+. The number of carbonyl (C=O) groups is 1. The number of nitrogens with one attached hydrogen (secondary N) is 1. The highest BCUT2D eigenvalue weighted by Crippen LogP contribution is 2.25. The molecule has 3 rings (SSSR count). The predicted molar refractivity (Wildman–Crippen MR) is 111 cm³/mol. The lowest BCUT2D eigenvalue weighted by atomic mass is 10.2. The SMILES string of the molecule is O=C(/C=C/c1ccncc1)NCCCN1CCN(c2ccccc2Cl)CC1. The van der Waals surface area contributed by atoms with Crippen LogP contribution in [0.4, 0.5) is 5.69 Å². The lowest BCUT2D eigenvalue weighted by Gasteiger charge is -2.36. The van der Waals surface area contributed by atoms with Gasteiger partial charge in [-0.05, 0) is 48.9 Å². The van der Waals surface area contributed by atoms with E-state index in [1.54, 1.807) is 24.5 Å². The van der Waals surface area contributed by atoms with Crippen LogP contribution in [0.5, 0.6) is 0 Å². The Kier molecular flexibility index (Phi) is 7.25. The van der Waals surface area contributed by atoms with Gasteiger partial charge in [-0.2, -0.15) is 0 Å². The van der Waals surface area contributed by atoms with E-state index in [0.717, 1.165) is 55.4 Å². The third-order valence-corrected chi connectivity index (χ3v) is 4.97. The average molecular weight is 385 g/mol. The number of para-hydroxylation sites is 1. The first-order chi connectivity index (χ1) is 13.2. The van der Waals surface area contributed by atoms with Gasteiger partial charge in [0.1, 0.15) is 0 Å². The molecule has 1 aromatic heterocycles. The number of hydrogen-bond donors (Lipinski definition) is 1. The Hall–Kier alpha value is -2.37. The summed E-state index contributed by atoms with van der Waals surface area (Å²) in [5.41, 5.74) is 2.09. The highest BCUT2D eigenvalue weighted by atomic mass is 35.5. The third kappa shape index (κ3) is 6.08. The van der Waals surface area contributed by atoms with E-state index in [0.29, 0.717) is 6.54 Å². The van der Waals surface area contributed by atoms with Crippen molar-refractivity contribution in [3.63, 3.8) is 0 Å². The van der Waals surface area contributed by atoms with Gasteiger partial charge in [-0.3, -0.25) is 14.7 Å². The van der Waals surface area contributed by atoms with E-state index < -0.39 is 0 Å². The second-order valence-corrected chi connectivity index (χ2v) is 6.95. The van der Waals surface area contributed by atoms with Gasteiger partial charge in [-0.25, -0.2) is 0 Å². The summed E-state index contributed by atoms with van der Waals surface area (Å²) in [7, 11) is 0. The van der Waals surface area contributed by atoms with Gasteiger partial charge in [0.15, 0.2) is 0 Å². The fourth-order valence-electron chi connectivity index (χ4n) is 3.14. The molecule has 0 unspecified atom stereocenters. The molecule has 1 amide bonds. The summed E-state index contributed by atoms with van der Waals surface area (Å²) in [5, 5.41) is 3.75. The van der Waals surface area contributed by atoms with Crippen molar-refractivity contribution in [2.24, 2.45) is 0 Å². The number of aromatic nitrogens is 1. The zero-order valence-corrected chi connectivity index (χ0v) is 16.1. The molecule has 0 saturated carbocycles. The van der Waals surface area contributed by atoms with Gasteiger partial charge in [0.2, 0.25) is 5.91 Å². The maximum Gasteiger partial charge on any atom is 0.243 e. The van der Waals surface area contributed by atoms with Crippen LogP contribution in [0, 0.1) is 0 Å². The molecule has 27 heavy (non-hydrogen) atoms. The van der Waals surface area contributed by atoms with Crippen molar-refractivity contribution in [2.75, 3.05) is 44.2 Å². The van der Waals surface area contributed by atoms with Crippen molar-refractivity contribution in [3.05, 3.63) is 65.5 Å². The third-order valence-electron chi connectivity index (χ3n) is 4.65.